The van der Waals surface area contributed by atoms with Crippen molar-refractivity contribution in [3.05, 3.63) is 216 Å². The van der Waals surface area contributed by atoms with Crippen LogP contribution in [-0.4, -0.2) is 36.6 Å². The third kappa shape index (κ3) is 6.14. The van der Waals surface area contributed by atoms with Crippen LogP contribution in [-0.2, 0) is 5.41 Å². The summed E-state index contributed by atoms with van der Waals surface area (Å²) in [6.45, 7) is 0.425. The van der Waals surface area contributed by atoms with E-state index in [9.17, 15) is 10.2 Å². The first kappa shape index (κ1) is 36.8. The average Bonchev–Trinajstić information content (AvgIpc) is 3.61. The van der Waals surface area contributed by atoms with Crippen LogP contribution in [0.4, 0.5) is 0 Å². The van der Waals surface area contributed by atoms with Crippen LogP contribution in [0.3, 0.4) is 0 Å². The van der Waals surface area contributed by atoms with Gasteiger partial charge in [-0.25, -0.2) is 0 Å². The van der Waals surface area contributed by atoms with E-state index in [0.717, 1.165) is 33.0 Å². The SMILES string of the molecule is OCCOc1ccc2cc(C3(c4ccc5cc(OCCO)ccc5c4)c4ccc(-c5cccc6ccccc56)cc4-c4cc(-c5cccc6ccccc56)ccc43)ccc2c1. The number of rotatable bonds is 10. The van der Waals surface area contributed by atoms with Gasteiger partial charge in [-0.05, 0) is 147 Å². The molecule has 10 aromatic carbocycles. The highest BCUT2D eigenvalue weighted by molar-refractivity contribution is 6.01. The second kappa shape index (κ2) is 15.1. The molecule has 0 aromatic heterocycles. The Hall–Kier alpha value is -7.24. The van der Waals surface area contributed by atoms with Gasteiger partial charge < -0.3 is 19.7 Å². The molecule has 4 heteroatoms. The number of hydrogen-bond acceptors (Lipinski definition) is 4. The smallest absolute Gasteiger partial charge is 0.120 e. The van der Waals surface area contributed by atoms with Crippen LogP contribution < -0.4 is 9.47 Å². The van der Waals surface area contributed by atoms with Crippen molar-refractivity contribution in [2.75, 3.05) is 26.4 Å². The molecule has 1 aliphatic rings. The summed E-state index contributed by atoms with van der Waals surface area (Å²) in [5.41, 5.74) is 11.3. The fourth-order valence-electron chi connectivity index (χ4n) is 9.83. The van der Waals surface area contributed by atoms with E-state index in [1.54, 1.807) is 0 Å². The Kier molecular flexibility index (Phi) is 9.11. The van der Waals surface area contributed by atoms with E-state index in [1.807, 2.05) is 12.1 Å². The Labute approximate surface area is 354 Å². The molecule has 0 heterocycles. The fraction of sp³-hybridized carbons (Fsp3) is 0.0877. The zero-order chi connectivity index (χ0) is 40.9. The Bertz CT molecular complexity index is 3080. The van der Waals surface area contributed by atoms with Gasteiger partial charge in [-0.1, -0.05) is 146 Å². The van der Waals surface area contributed by atoms with Crippen molar-refractivity contribution in [2.45, 2.75) is 5.41 Å². The van der Waals surface area contributed by atoms with E-state index in [2.05, 4.69) is 182 Å². The molecular formula is C57H42O4. The molecule has 294 valence electrons. The second-order valence-corrected chi connectivity index (χ2v) is 15.9. The molecule has 4 nitrogen and oxygen atoms in total. The number of ether oxygens (including phenoxy) is 2. The van der Waals surface area contributed by atoms with Crippen molar-refractivity contribution in [3.63, 3.8) is 0 Å². The number of aliphatic hydroxyl groups excluding tert-OH is 2. The highest BCUT2D eigenvalue weighted by Gasteiger charge is 2.46. The van der Waals surface area contributed by atoms with E-state index in [4.69, 9.17) is 9.47 Å². The summed E-state index contributed by atoms with van der Waals surface area (Å²) in [4.78, 5) is 0. The highest BCUT2D eigenvalue weighted by Crippen LogP contribution is 2.58. The fourth-order valence-corrected chi connectivity index (χ4v) is 9.83. The minimum absolute atomic E-state index is 0.0362. The molecule has 0 saturated heterocycles. The van der Waals surface area contributed by atoms with Crippen LogP contribution in [0.2, 0.25) is 0 Å². The quantitative estimate of drug-likeness (QED) is 0.145. The maximum atomic E-state index is 9.43. The van der Waals surface area contributed by atoms with Crippen molar-refractivity contribution in [1.82, 2.24) is 0 Å². The first-order valence-electron chi connectivity index (χ1n) is 20.9. The lowest BCUT2D eigenvalue weighted by molar-refractivity contribution is 0.201. The summed E-state index contributed by atoms with van der Waals surface area (Å²) in [6.07, 6.45) is 0. The molecule has 2 N–H and O–H groups in total. The van der Waals surface area contributed by atoms with Crippen LogP contribution in [0.25, 0.3) is 76.5 Å². The number of fused-ring (bicyclic) bond motifs is 7. The van der Waals surface area contributed by atoms with Gasteiger partial charge in [0.05, 0.1) is 18.6 Å². The molecule has 0 unspecified atom stereocenters. The Balaban J connectivity index is 1.20. The largest absolute Gasteiger partial charge is 0.491 e. The van der Waals surface area contributed by atoms with Gasteiger partial charge in [0.15, 0.2) is 0 Å². The molecular weight excluding hydrogens is 749 g/mol. The van der Waals surface area contributed by atoms with Gasteiger partial charge in [-0.3, -0.25) is 0 Å². The first-order valence-corrected chi connectivity index (χ1v) is 20.9. The zero-order valence-electron chi connectivity index (χ0n) is 33.5. The lowest BCUT2D eigenvalue weighted by atomic mass is 9.67. The van der Waals surface area contributed by atoms with Gasteiger partial charge in [0.2, 0.25) is 0 Å². The Morgan fingerprint density at radius 3 is 1.25 bits per heavy atom. The standard InChI is InChI=1S/C57H42O4/c58-27-29-60-47-23-17-39-31-45(21-15-41(39)33-47)57(46-22-16-42-34-48(61-30-28-59)24-18-40(42)32-46)55-25-19-43(51-13-5-9-37-7-1-3-11-49(37)51)35-53(55)54-36-44(20-26-56(54)57)52-14-6-10-38-8-2-4-12-50(38)52/h1-26,31-36,58-59H,27-30H2. The zero-order valence-corrected chi connectivity index (χ0v) is 33.5. The molecule has 0 aliphatic heterocycles. The third-order valence-corrected chi connectivity index (χ3v) is 12.5. The van der Waals surface area contributed by atoms with Gasteiger partial charge >= 0.3 is 0 Å². The first-order chi connectivity index (χ1) is 30.1. The van der Waals surface area contributed by atoms with Crippen LogP contribution in [0.15, 0.2) is 194 Å². The molecule has 10 aromatic rings. The summed E-state index contributed by atoms with van der Waals surface area (Å²) < 4.78 is 11.6. The summed E-state index contributed by atoms with van der Waals surface area (Å²) in [5.74, 6) is 1.47. The molecule has 1 aliphatic carbocycles. The monoisotopic (exact) mass is 790 g/mol. The Morgan fingerprint density at radius 2 is 0.770 bits per heavy atom. The van der Waals surface area contributed by atoms with Crippen molar-refractivity contribution in [2.24, 2.45) is 0 Å². The summed E-state index contributed by atoms with van der Waals surface area (Å²) in [5, 5.41) is 28.1. The van der Waals surface area contributed by atoms with Gasteiger partial charge in [-0.15, -0.1) is 0 Å². The molecule has 11 rings (SSSR count). The van der Waals surface area contributed by atoms with Gasteiger partial charge in [0.25, 0.3) is 0 Å². The maximum absolute atomic E-state index is 9.43. The van der Waals surface area contributed by atoms with E-state index in [-0.39, 0.29) is 26.4 Å². The van der Waals surface area contributed by atoms with E-state index in [0.29, 0.717) is 0 Å². The van der Waals surface area contributed by atoms with Gasteiger partial charge in [-0.2, -0.15) is 0 Å². The normalized spacial score (nSPS) is 12.8. The second-order valence-electron chi connectivity index (χ2n) is 15.9. The molecule has 0 atom stereocenters. The molecule has 0 bridgehead atoms. The van der Waals surface area contributed by atoms with Crippen LogP contribution in [0, 0.1) is 0 Å². The minimum Gasteiger partial charge on any atom is -0.491 e. The molecule has 0 fully saturated rings. The highest BCUT2D eigenvalue weighted by atomic mass is 16.5. The average molecular weight is 791 g/mol. The van der Waals surface area contributed by atoms with E-state index >= 15 is 0 Å². The molecule has 0 radical (unpaired) electrons. The van der Waals surface area contributed by atoms with Gasteiger partial charge in [0.1, 0.15) is 24.7 Å². The predicted molar refractivity (Wildman–Crippen MR) is 250 cm³/mol. The number of hydrogen-bond donors (Lipinski definition) is 2. The molecule has 0 amide bonds. The lowest BCUT2D eigenvalue weighted by Crippen LogP contribution is -2.28. The number of benzene rings is 10. The van der Waals surface area contributed by atoms with Crippen molar-refractivity contribution >= 4 is 43.1 Å². The van der Waals surface area contributed by atoms with Crippen LogP contribution >= 0.6 is 0 Å². The van der Waals surface area contributed by atoms with E-state index < -0.39 is 5.41 Å². The summed E-state index contributed by atoms with van der Waals surface area (Å²) >= 11 is 0. The minimum atomic E-state index is -0.681. The summed E-state index contributed by atoms with van der Waals surface area (Å²) in [6, 6.07) is 70.6. The summed E-state index contributed by atoms with van der Waals surface area (Å²) in [7, 11) is 0. The molecule has 0 saturated carbocycles. The van der Waals surface area contributed by atoms with Crippen molar-refractivity contribution in [1.29, 1.82) is 0 Å². The molecule has 61 heavy (non-hydrogen) atoms. The third-order valence-electron chi connectivity index (χ3n) is 12.5. The van der Waals surface area contributed by atoms with Gasteiger partial charge in [0, 0.05) is 0 Å². The predicted octanol–water partition coefficient (Wildman–Crippen LogP) is 12.7. The van der Waals surface area contributed by atoms with Crippen molar-refractivity contribution < 1.29 is 19.7 Å². The number of aliphatic hydroxyl groups is 2. The van der Waals surface area contributed by atoms with Crippen LogP contribution in [0.5, 0.6) is 11.5 Å². The Morgan fingerprint density at radius 1 is 0.344 bits per heavy atom. The maximum Gasteiger partial charge on any atom is 0.120 e. The van der Waals surface area contributed by atoms with E-state index in [1.165, 1.54) is 77.2 Å². The lowest BCUT2D eigenvalue weighted by Gasteiger charge is -2.34. The molecule has 0 spiro atoms. The van der Waals surface area contributed by atoms with Crippen LogP contribution in [0.1, 0.15) is 22.3 Å². The topological polar surface area (TPSA) is 58.9 Å². The van der Waals surface area contributed by atoms with Crippen molar-refractivity contribution in [3.8, 4) is 44.9 Å².